The Hall–Kier alpha value is -2.82. The highest BCUT2D eigenvalue weighted by atomic mass is 16.4. The predicted octanol–water partition coefficient (Wildman–Crippen LogP) is -0.499. The Morgan fingerprint density at radius 3 is 2.00 bits per heavy atom. The average molecular weight is 450 g/mol. The summed E-state index contributed by atoms with van der Waals surface area (Å²) >= 11 is 0. The fourth-order valence-electron chi connectivity index (χ4n) is 3.28. The summed E-state index contributed by atoms with van der Waals surface area (Å²) in [5.41, 5.74) is 1.54. The van der Waals surface area contributed by atoms with Crippen molar-refractivity contribution in [2.75, 3.05) is 84.4 Å². The number of carboxylic acid groups (broad SMARTS) is 1. The van der Waals surface area contributed by atoms with E-state index in [9.17, 15) is 19.2 Å². The average Bonchev–Trinajstić information content (AvgIpc) is 2.78. The number of nitrogens with zero attached hydrogens (tertiary/aromatic N) is 4. The molecule has 0 radical (unpaired) electrons. The van der Waals surface area contributed by atoms with Gasteiger partial charge in [0.25, 0.3) is 0 Å². The van der Waals surface area contributed by atoms with E-state index in [1.807, 2.05) is 31.1 Å². The van der Waals surface area contributed by atoms with E-state index in [4.69, 9.17) is 5.11 Å². The standard InChI is InChI=1S/C20H28N4O5.C2H7N/c25-14-13-21-5-6-22(15-20(28)29)7-8-23(17-27)10-12-24(11-9-21)19-3-1-18(16-26)2-4-19;1-3-2/h1-4,14,16-17H,5-13,15H2,(H,28,29);3H,1-2H3. The second-order valence-electron chi connectivity index (χ2n) is 7.47. The fourth-order valence-corrected chi connectivity index (χ4v) is 3.28. The molecule has 0 aliphatic carbocycles. The molecule has 10 heteroatoms. The van der Waals surface area contributed by atoms with Crippen LogP contribution in [0, 0.1) is 0 Å². The molecule has 1 amide bonds. The zero-order valence-electron chi connectivity index (χ0n) is 19.0. The molecule has 0 saturated carbocycles. The molecule has 0 aromatic heterocycles. The minimum absolute atomic E-state index is 0.100. The minimum atomic E-state index is -0.915. The molecule has 1 aliphatic rings. The van der Waals surface area contributed by atoms with Crippen molar-refractivity contribution in [1.82, 2.24) is 20.0 Å². The summed E-state index contributed by atoms with van der Waals surface area (Å²) in [7, 11) is 3.75. The number of hydrogen-bond donors (Lipinski definition) is 2. The van der Waals surface area contributed by atoms with E-state index in [0.29, 0.717) is 57.9 Å². The van der Waals surface area contributed by atoms with Crippen LogP contribution in [0.25, 0.3) is 0 Å². The number of benzene rings is 1. The highest BCUT2D eigenvalue weighted by molar-refractivity contribution is 5.75. The van der Waals surface area contributed by atoms with Gasteiger partial charge in [0.2, 0.25) is 6.41 Å². The van der Waals surface area contributed by atoms with Crippen LogP contribution >= 0.6 is 0 Å². The molecular weight excluding hydrogens is 414 g/mol. The normalized spacial score (nSPS) is 16.7. The number of rotatable bonds is 7. The number of aldehydes is 2. The van der Waals surface area contributed by atoms with E-state index in [0.717, 1.165) is 24.7 Å². The van der Waals surface area contributed by atoms with E-state index in [-0.39, 0.29) is 13.1 Å². The van der Waals surface area contributed by atoms with E-state index in [1.54, 1.807) is 21.9 Å². The summed E-state index contributed by atoms with van der Waals surface area (Å²) in [6, 6.07) is 7.25. The van der Waals surface area contributed by atoms with Gasteiger partial charge in [0.1, 0.15) is 12.6 Å². The number of carbonyl (C=O) groups excluding carboxylic acids is 3. The number of carboxylic acids is 1. The molecule has 0 spiro atoms. The predicted molar refractivity (Wildman–Crippen MR) is 123 cm³/mol. The van der Waals surface area contributed by atoms with E-state index < -0.39 is 5.97 Å². The third kappa shape index (κ3) is 10.5. The van der Waals surface area contributed by atoms with Crippen molar-refractivity contribution in [3.05, 3.63) is 29.8 Å². The van der Waals surface area contributed by atoms with Crippen LogP contribution in [0.3, 0.4) is 0 Å². The lowest BCUT2D eigenvalue weighted by atomic mass is 10.2. The van der Waals surface area contributed by atoms with Gasteiger partial charge >= 0.3 is 5.97 Å². The van der Waals surface area contributed by atoms with Crippen LogP contribution in [0.5, 0.6) is 0 Å². The number of carbonyl (C=O) groups is 4. The van der Waals surface area contributed by atoms with Gasteiger partial charge in [-0.1, -0.05) is 0 Å². The quantitative estimate of drug-likeness (QED) is 0.532. The Morgan fingerprint density at radius 2 is 1.44 bits per heavy atom. The topological polar surface area (TPSA) is 114 Å². The van der Waals surface area contributed by atoms with Gasteiger partial charge in [-0.25, -0.2) is 0 Å². The molecule has 1 aromatic carbocycles. The Bertz CT molecular complexity index is 700. The van der Waals surface area contributed by atoms with Crippen LogP contribution in [-0.4, -0.2) is 124 Å². The van der Waals surface area contributed by atoms with Crippen molar-refractivity contribution in [3.63, 3.8) is 0 Å². The zero-order chi connectivity index (χ0) is 23.8. The molecule has 1 fully saturated rings. The Morgan fingerprint density at radius 1 is 0.906 bits per heavy atom. The van der Waals surface area contributed by atoms with E-state index in [2.05, 4.69) is 10.2 Å². The molecule has 0 atom stereocenters. The molecule has 32 heavy (non-hydrogen) atoms. The summed E-state index contributed by atoms with van der Waals surface area (Å²) < 4.78 is 0. The Balaban J connectivity index is 0.00000161. The number of anilines is 1. The third-order valence-corrected chi connectivity index (χ3v) is 5.01. The first-order valence-electron chi connectivity index (χ1n) is 10.7. The molecule has 2 rings (SSSR count). The van der Waals surface area contributed by atoms with Crippen LogP contribution in [-0.2, 0) is 14.4 Å². The molecule has 0 bridgehead atoms. The lowest BCUT2D eigenvalue weighted by Gasteiger charge is -2.33. The smallest absolute Gasteiger partial charge is 0.317 e. The summed E-state index contributed by atoms with van der Waals surface area (Å²) in [4.78, 5) is 52.1. The van der Waals surface area contributed by atoms with Crippen molar-refractivity contribution in [3.8, 4) is 0 Å². The summed E-state index contributed by atoms with van der Waals surface area (Å²) in [5, 5.41) is 11.9. The van der Waals surface area contributed by atoms with Crippen molar-refractivity contribution in [1.29, 1.82) is 0 Å². The van der Waals surface area contributed by atoms with Crippen LogP contribution in [0.15, 0.2) is 24.3 Å². The highest BCUT2D eigenvalue weighted by Crippen LogP contribution is 2.15. The van der Waals surface area contributed by atoms with Gasteiger partial charge in [0, 0.05) is 63.6 Å². The molecule has 1 aromatic rings. The SMILES string of the molecule is CNC.O=CCN1CCN(CC(=O)O)CCN(C=O)CCN(c2ccc(C=O)cc2)CC1. The second-order valence-corrected chi connectivity index (χ2v) is 7.47. The van der Waals surface area contributed by atoms with Crippen molar-refractivity contribution < 1.29 is 24.3 Å². The number of aliphatic carboxylic acids is 1. The molecular formula is C22H35N5O5. The number of amides is 1. The van der Waals surface area contributed by atoms with Crippen LogP contribution in [0.2, 0.25) is 0 Å². The first kappa shape index (κ1) is 27.2. The van der Waals surface area contributed by atoms with Crippen molar-refractivity contribution >= 4 is 30.6 Å². The molecule has 1 saturated heterocycles. The second kappa shape index (κ2) is 15.9. The molecule has 2 N–H and O–H groups in total. The van der Waals surface area contributed by atoms with Crippen LogP contribution in [0.1, 0.15) is 10.4 Å². The van der Waals surface area contributed by atoms with Gasteiger partial charge in [-0.3, -0.25) is 24.2 Å². The maximum Gasteiger partial charge on any atom is 0.317 e. The van der Waals surface area contributed by atoms with E-state index >= 15 is 0 Å². The van der Waals surface area contributed by atoms with Crippen LogP contribution < -0.4 is 10.2 Å². The van der Waals surface area contributed by atoms with Gasteiger partial charge in [-0.2, -0.15) is 0 Å². The van der Waals surface area contributed by atoms with Gasteiger partial charge in [-0.05, 0) is 38.4 Å². The van der Waals surface area contributed by atoms with Crippen molar-refractivity contribution in [2.45, 2.75) is 0 Å². The summed E-state index contributed by atoms with van der Waals surface area (Å²) in [5.74, 6) is -0.915. The largest absolute Gasteiger partial charge is 0.480 e. The van der Waals surface area contributed by atoms with Gasteiger partial charge in [-0.15, -0.1) is 0 Å². The molecule has 1 heterocycles. The maximum atomic E-state index is 11.5. The number of hydrogen-bond acceptors (Lipinski definition) is 8. The lowest BCUT2D eigenvalue weighted by molar-refractivity contribution is -0.138. The highest BCUT2D eigenvalue weighted by Gasteiger charge is 2.17. The molecule has 1 aliphatic heterocycles. The number of nitrogens with one attached hydrogen (secondary N) is 1. The molecule has 178 valence electrons. The first-order valence-corrected chi connectivity index (χ1v) is 10.7. The molecule has 0 unspecified atom stereocenters. The third-order valence-electron chi connectivity index (χ3n) is 5.01. The van der Waals surface area contributed by atoms with Crippen molar-refractivity contribution in [2.24, 2.45) is 0 Å². The minimum Gasteiger partial charge on any atom is -0.480 e. The fraction of sp³-hybridized carbons (Fsp3) is 0.545. The summed E-state index contributed by atoms with van der Waals surface area (Å²) in [6.07, 6.45) is 2.44. The Kier molecular flexibility index (Phi) is 13.5. The first-order chi connectivity index (χ1) is 15.5. The van der Waals surface area contributed by atoms with Gasteiger partial charge < -0.3 is 25.0 Å². The lowest BCUT2D eigenvalue weighted by Crippen LogP contribution is -2.47. The van der Waals surface area contributed by atoms with Gasteiger partial charge in [0.05, 0.1) is 13.1 Å². The van der Waals surface area contributed by atoms with E-state index in [1.165, 1.54) is 0 Å². The summed E-state index contributed by atoms with van der Waals surface area (Å²) in [6.45, 7) is 4.47. The molecule has 10 nitrogen and oxygen atoms in total. The monoisotopic (exact) mass is 449 g/mol. The Labute approximate surface area is 189 Å². The van der Waals surface area contributed by atoms with Crippen LogP contribution in [0.4, 0.5) is 5.69 Å². The van der Waals surface area contributed by atoms with Gasteiger partial charge in [0.15, 0.2) is 0 Å². The zero-order valence-corrected chi connectivity index (χ0v) is 19.0. The maximum absolute atomic E-state index is 11.5.